The van der Waals surface area contributed by atoms with Gasteiger partial charge in [0, 0.05) is 19.2 Å². The van der Waals surface area contributed by atoms with E-state index < -0.39 is 10.2 Å². The van der Waals surface area contributed by atoms with Gasteiger partial charge >= 0.3 is 0 Å². The quantitative estimate of drug-likeness (QED) is 0.380. The molecular formula is C16H13ClN6O3S. The van der Waals surface area contributed by atoms with Gasteiger partial charge in [0.25, 0.3) is 5.69 Å². The van der Waals surface area contributed by atoms with Crippen LogP contribution in [0.4, 0.5) is 11.4 Å². The van der Waals surface area contributed by atoms with E-state index >= 15 is 0 Å². The fourth-order valence-corrected chi connectivity index (χ4v) is 3.41. The van der Waals surface area contributed by atoms with Crippen molar-refractivity contribution >= 4 is 40.6 Å². The number of tetrazole rings is 1. The molecule has 138 valence electrons. The first-order valence-corrected chi connectivity index (χ1v) is 8.90. The monoisotopic (exact) mass is 404 g/mol. The average Bonchev–Trinajstić information content (AvgIpc) is 3.06. The lowest BCUT2D eigenvalue weighted by Crippen LogP contribution is -2.19. The normalized spacial score (nSPS) is 11.8. The molecule has 1 amide bonds. The Bertz CT molecular complexity index is 981. The van der Waals surface area contributed by atoms with Crippen LogP contribution < -0.4 is 5.32 Å². The number of anilines is 1. The number of hydrogen-bond acceptors (Lipinski definition) is 7. The molecule has 0 fully saturated rings. The van der Waals surface area contributed by atoms with E-state index in [1.54, 1.807) is 7.05 Å². The second-order valence-corrected chi connectivity index (χ2v) is 6.88. The van der Waals surface area contributed by atoms with E-state index in [-0.39, 0.29) is 22.3 Å². The lowest BCUT2D eigenvalue weighted by atomic mass is 10.1. The summed E-state index contributed by atoms with van der Waals surface area (Å²) in [6, 6.07) is 13.0. The molecule has 0 aliphatic heterocycles. The lowest BCUT2D eigenvalue weighted by molar-refractivity contribution is -0.384. The van der Waals surface area contributed by atoms with Gasteiger partial charge in [0.1, 0.15) is 5.25 Å². The predicted molar refractivity (Wildman–Crippen MR) is 101 cm³/mol. The van der Waals surface area contributed by atoms with Crippen molar-refractivity contribution in [1.82, 2.24) is 20.2 Å². The maximum atomic E-state index is 12.9. The fourth-order valence-electron chi connectivity index (χ4n) is 2.24. The maximum absolute atomic E-state index is 12.9. The van der Waals surface area contributed by atoms with Crippen LogP contribution in [0.5, 0.6) is 0 Å². The molecule has 3 aromatic rings. The number of nitro benzene ring substituents is 1. The number of nitro groups is 1. The Balaban J connectivity index is 1.87. The summed E-state index contributed by atoms with van der Waals surface area (Å²) in [6.45, 7) is 0. The molecule has 9 nitrogen and oxygen atoms in total. The molecule has 0 spiro atoms. The van der Waals surface area contributed by atoms with E-state index in [4.69, 9.17) is 11.6 Å². The highest BCUT2D eigenvalue weighted by molar-refractivity contribution is 8.00. The van der Waals surface area contributed by atoms with Gasteiger partial charge in [0.05, 0.1) is 15.6 Å². The van der Waals surface area contributed by atoms with Crippen molar-refractivity contribution in [3.05, 3.63) is 69.2 Å². The van der Waals surface area contributed by atoms with Crippen molar-refractivity contribution in [2.24, 2.45) is 7.05 Å². The fraction of sp³-hybridized carbons (Fsp3) is 0.125. The lowest BCUT2D eigenvalue weighted by Gasteiger charge is -2.16. The van der Waals surface area contributed by atoms with Gasteiger partial charge in [-0.15, -0.1) is 5.10 Å². The molecule has 0 aliphatic rings. The summed E-state index contributed by atoms with van der Waals surface area (Å²) in [4.78, 5) is 23.2. The number of thioether (sulfide) groups is 1. The van der Waals surface area contributed by atoms with Crippen molar-refractivity contribution in [3.8, 4) is 0 Å². The number of nitrogens with one attached hydrogen (secondary N) is 1. The third kappa shape index (κ3) is 4.41. The first-order chi connectivity index (χ1) is 13.0. The summed E-state index contributed by atoms with van der Waals surface area (Å²) < 4.78 is 1.47. The molecule has 11 heteroatoms. The number of benzene rings is 2. The molecule has 2 aromatic carbocycles. The molecule has 3 rings (SSSR count). The molecule has 0 saturated heterocycles. The molecule has 27 heavy (non-hydrogen) atoms. The van der Waals surface area contributed by atoms with Gasteiger partial charge in [-0.2, -0.15) is 0 Å². The van der Waals surface area contributed by atoms with E-state index in [1.165, 1.54) is 34.6 Å². The van der Waals surface area contributed by atoms with Gasteiger partial charge in [-0.25, -0.2) is 4.68 Å². The molecule has 1 aromatic heterocycles. The molecular weight excluding hydrogens is 392 g/mol. The van der Waals surface area contributed by atoms with Crippen molar-refractivity contribution < 1.29 is 9.72 Å². The Labute approximate surface area is 162 Å². The van der Waals surface area contributed by atoms with Crippen LogP contribution in [-0.2, 0) is 11.8 Å². The van der Waals surface area contributed by atoms with Crippen molar-refractivity contribution in [2.75, 3.05) is 5.32 Å². The third-order valence-corrected chi connectivity index (χ3v) is 5.16. The summed E-state index contributed by atoms with van der Waals surface area (Å²) >= 11 is 7.25. The Morgan fingerprint density at radius 2 is 2.04 bits per heavy atom. The second kappa shape index (κ2) is 8.14. The molecule has 0 unspecified atom stereocenters. The maximum Gasteiger partial charge on any atom is 0.271 e. The standard InChI is InChI=1S/C16H13ClN6O3S/c1-22-16(19-20-21-22)27-14(10-5-3-2-4-6-10)15(24)18-13-8-7-11(23(25)26)9-12(13)17/h2-9,14H,1H3,(H,18,24)/t14-/m1/s1. The summed E-state index contributed by atoms with van der Waals surface area (Å²) in [5.41, 5.74) is 0.878. The number of aromatic nitrogens is 4. The third-order valence-electron chi connectivity index (χ3n) is 3.57. The average molecular weight is 405 g/mol. The minimum atomic E-state index is -0.651. The van der Waals surface area contributed by atoms with Gasteiger partial charge in [-0.05, 0) is 22.1 Å². The Morgan fingerprint density at radius 3 is 2.63 bits per heavy atom. The van der Waals surface area contributed by atoms with Gasteiger partial charge in [-0.3, -0.25) is 14.9 Å². The minimum Gasteiger partial charge on any atom is -0.323 e. The smallest absolute Gasteiger partial charge is 0.271 e. The van der Waals surface area contributed by atoms with Crippen LogP contribution >= 0.6 is 23.4 Å². The highest BCUT2D eigenvalue weighted by Crippen LogP contribution is 2.35. The molecule has 1 N–H and O–H groups in total. The number of hydrogen-bond donors (Lipinski definition) is 1. The van der Waals surface area contributed by atoms with Crippen LogP contribution in [0.1, 0.15) is 10.8 Å². The Kier molecular flexibility index (Phi) is 5.67. The Morgan fingerprint density at radius 1 is 1.30 bits per heavy atom. The van der Waals surface area contributed by atoms with Crippen molar-refractivity contribution in [2.45, 2.75) is 10.4 Å². The zero-order valence-corrected chi connectivity index (χ0v) is 15.5. The van der Waals surface area contributed by atoms with Gasteiger partial charge in [0.2, 0.25) is 11.1 Å². The van der Waals surface area contributed by atoms with E-state index in [9.17, 15) is 14.9 Å². The molecule has 1 heterocycles. The van der Waals surface area contributed by atoms with Crippen LogP contribution in [0, 0.1) is 10.1 Å². The zero-order chi connectivity index (χ0) is 19.4. The first kappa shape index (κ1) is 18.8. The first-order valence-electron chi connectivity index (χ1n) is 7.64. The van der Waals surface area contributed by atoms with E-state index in [2.05, 4.69) is 20.8 Å². The number of aryl methyl sites for hydroxylation is 1. The van der Waals surface area contributed by atoms with E-state index in [0.717, 1.165) is 5.56 Å². The SMILES string of the molecule is Cn1nnnc1S[C@@H](C(=O)Nc1ccc([N+](=O)[O-])cc1Cl)c1ccccc1. The van der Waals surface area contributed by atoms with Crippen molar-refractivity contribution in [1.29, 1.82) is 0 Å². The minimum absolute atomic E-state index is 0.0784. The summed E-state index contributed by atoms with van der Waals surface area (Å²) in [5, 5.41) is 24.7. The number of amides is 1. The summed E-state index contributed by atoms with van der Waals surface area (Å²) in [6.07, 6.45) is 0. The number of non-ortho nitro benzene ring substituents is 1. The van der Waals surface area contributed by atoms with Crippen LogP contribution in [0.3, 0.4) is 0 Å². The van der Waals surface area contributed by atoms with E-state index in [0.29, 0.717) is 5.16 Å². The molecule has 0 radical (unpaired) electrons. The summed E-state index contributed by atoms with van der Waals surface area (Å²) in [5.74, 6) is -0.357. The number of carbonyl (C=O) groups excluding carboxylic acids is 1. The van der Waals surface area contributed by atoms with Crippen molar-refractivity contribution in [3.63, 3.8) is 0 Å². The molecule has 1 atom stereocenters. The van der Waals surface area contributed by atoms with Crippen LogP contribution in [0.25, 0.3) is 0 Å². The number of rotatable bonds is 6. The van der Waals surface area contributed by atoms with Crippen LogP contribution in [-0.4, -0.2) is 31.0 Å². The second-order valence-electron chi connectivity index (χ2n) is 5.40. The molecule has 0 aliphatic carbocycles. The van der Waals surface area contributed by atoms with E-state index in [1.807, 2.05) is 30.3 Å². The number of halogens is 1. The predicted octanol–water partition coefficient (Wildman–Crippen LogP) is 3.24. The van der Waals surface area contributed by atoms with Crippen LogP contribution in [0.2, 0.25) is 5.02 Å². The highest BCUT2D eigenvalue weighted by atomic mass is 35.5. The highest BCUT2D eigenvalue weighted by Gasteiger charge is 2.25. The Hall–Kier alpha value is -2.98. The zero-order valence-electron chi connectivity index (χ0n) is 13.9. The number of nitrogens with zero attached hydrogens (tertiary/aromatic N) is 5. The molecule has 0 bridgehead atoms. The topological polar surface area (TPSA) is 116 Å². The largest absolute Gasteiger partial charge is 0.323 e. The van der Waals surface area contributed by atoms with Gasteiger partial charge in [-0.1, -0.05) is 53.7 Å². The van der Waals surface area contributed by atoms with Gasteiger partial charge in [0.15, 0.2) is 0 Å². The van der Waals surface area contributed by atoms with Crippen LogP contribution in [0.15, 0.2) is 53.7 Å². The number of carbonyl (C=O) groups is 1. The summed E-state index contributed by atoms with van der Waals surface area (Å²) in [7, 11) is 1.68. The molecule has 0 saturated carbocycles. The van der Waals surface area contributed by atoms with Gasteiger partial charge < -0.3 is 5.32 Å².